The molecule has 0 fully saturated rings. The Labute approximate surface area is 115 Å². The molecule has 0 bridgehead atoms. The van der Waals surface area contributed by atoms with Crippen molar-refractivity contribution in [3.8, 4) is 17.1 Å². The second-order valence-corrected chi connectivity index (χ2v) is 5.18. The minimum Gasteiger partial charge on any atom is -0.508 e. The molecule has 0 atom stereocenters. The van der Waals surface area contributed by atoms with Crippen LogP contribution in [0.1, 0.15) is 0 Å². The Morgan fingerprint density at radius 3 is 2.63 bits per heavy atom. The predicted molar refractivity (Wildman–Crippen MR) is 76.3 cm³/mol. The maximum absolute atomic E-state index is 9.47. The first-order valence-corrected chi connectivity index (χ1v) is 6.70. The highest BCUT2D eigenvalue weighted by Crippen LogP contribution is 2.28. The maximum atomic E-state index is 9.47. The molecule has 2 N–H and O–H groups in total. The van der Waals surface area contributed by atoms with Crippen molar-refractivity contribution >= 4 is 11.8 Å². The lowest BCUT2D eigenvalue weighted by Gasteiger charge is -1.99. The SMILES string of the molecule is Oc1cccc(-c2ncc(Sc3ccccc3)[nH]2)c1. The van der Waals surface area contributed by atoms with Crippen molar-refractivity contribution in [1.82, 2.24) is 9.97 Å². The molecule has 4 heteroatoms. The van der Waals surface area contributed by atoms with Gasteiger partial charge < -0.3 is 10.1 Å². The van der Waals surface area contributed by atoms with Gasteiger partial charge in [-0.15, -0.1) is 0 Å². The monoisotopic (exact) mass is 268 g/mol. The third-order valence-electron chi connectivity index (χ3n) is 2.64. The Bertz CT molecular complexity index is 679. The van der Waals surface area contributed by atoms with Crippen LogP contribution in [0.15, 0.2) is 70.7 Å². The van der Waals surface area contributed by atoms with Crippen molar-refractivity contribution in [3.63, 3.8) is 0 Å². The van der Waals surface area contributed by atoms with Crippen LogP contribution in [0.25, 0.3) is 11.4 Å². The van der Waals surface area contributed by atoms with E-state index in [9.17, 15) is 5.11 Å². The zero-order chi connectivity index (χ0) is 13.1. The van der Waals surface area contributed by atoms with Crippen molar-refractivity contribution in [2.45, 2.75) is 9.92 Å². The number of hydrogen-bond donors (Lipinski definition) is 2. The van der Waals surface area contributed by atoms with E-state index >= 15 is 0 Å². The average Bonchev–Trinajstić information content (AvgIpc) is 2.88. The van der Waals surface area contributed by atoms with E-state index in [-0.39, 0.29) is 5.75 Å². The van der Waals surface area contributed by atoms with Crippen LogP contribution in [0, 0.1) is 0 Å². The third kappa shape index (κ3) is 2.80. The molecule has 1 aromatic heterocycles. The van der Waals surface area contributed by atoms with Gasteiger partial charge in [-0.2, -0.15) is 0 Å². The van der Waals surface area contributed by atoms with Crippen molar-refractivity contribution in [3.05, 3.63) is 60.8 Å². The van der Waals surface area contributed by atoms with Gasteiger partial charge in [0.1, 0.15) is 11.6 Å². The van der Waals surface area contributed by atoms with Gasteiger partial charge >= 0.3 is 0 Å². The minimum absolute atomic E-state index is 0.242. The van der Waals surface area contributed by atoms with Crippen LogP contribution >= 0.6 is 11.8 Å². The first-order valence-electron chi connectivity index (χ1n) is 5.88. The van der Waals surface area contributed by atoms with Crippen molar-refractivity contribution < 1.29 is 5.11 Å². The summed E-state index contributed by atoms with van der Waals surface area (Å²) in [6.45, 7) is 0. The smallest absolute Gasteiger partial charge is 0.138 e. The zero-order valence-corrected chi connectivity index (χ0v) is 10.9. The molecular formula is C15H12N2OS. The van der Waals surface area contributed by atoms with Crippen LogP contribution in [-0.4, -0.2) is 15.1 Å². The number of imidazole rings is 1. The largest absolute Gasteiger partial charge is 0.508 e. The second kappa shape index (κ2) is 5.20. The van der Waals surface area contributed by atoms with Crippen LogP contribution in [0.4, 0.5) is 0 Å². The molecule has 0 aliphatic rings. The molecule has 0 saturated carbocycles. The number of nitrogens with zero attached hydrogens (tertiary/aromatic N) is 1. The Kier molecular flexibility index (Phi) is 3.25. The molecule has 0 amide bonds. The highest BCUT2D eigenvalue weighted by Gasteiger charge is 2.05. The molecule has 0 unspecified atom stereocenters. The number of benzene rings is 2. The molecule has 3 nitrogen and oxygen atoms in total. The van der Waals surface area contributed by atoms with Gasteiger partial charge in [0.15, 0.2) is 0 Å². The summed E-state index contributed by atoms with van der Waals surface area (Å²) >= 11 is 1.63. The van der Waals surface area contributed by atoms with Crippen molar-refractivity contribution in [1.29, 1.82) is 0 Å². The van der Waals surface area contributed by atoms with E-state index in [4.69, 9.17) is 0 Å². The Morgan fingerprint density at radius 2 is 1.84 bits per heavy atom. The molecule has 3 rings (SSSR count). The molecule has 0 aliphatic heterocycles. The van der Waals surface area contributed by atoms with Gasteiger partial charge in [0, 0.05) is 10.5 Å². The van der Waals surface area contributed by atoms with E-state index in [1.54, 1.807) is 36.2 Å². The quantitative estimate of drug-likeness (QED) is 0.756. The van der Waals surface area contributed by atoms with Gasteiger partial charge in [-0.1, -0.05) is 42.1 Å². The first kappa shape index (κ1) is 11.9. The molecule has 3 aromatic rings. The fourth-order valence-electron chi connectivity index (χ4n) is 1.77. The van der Waals surface area contributed by atoms with Crippen LogP contribution in [0.5, 0.6) is 5.75 Å². The lowest BCUT2D eigenvalue weighted by molar-refractivity contribution is 0.475. The van der Waals surface area contributed by atoms with Crippen LogP contribution in [0.2, 0.25) is 0 Å². The van der Waals surface area contributed by atoms with Crippen molar-refractivity contribution in [2.24, 2.45) is 0 Å². The number of phenols is 1. The number of aromatic hydroxyl groups is 1. The summed E-state index contributed by atoms with van der Waals surface area (Å²) in [6, 6.07) is 17.2. The first-order chi connectivity index (χ1) is 9.31. The summed E-state index contributed by atoms with van der Waals surface area (Å²) in [4.78, 5) is 8.74. The van der Waals surface area contributed by atoms with E-state index in [0.717, 1.165) is 21.3 Å². The number of H-pyrrole nitrogens is 1. The number of hydrogen-bond acceptors (Lipinski definition) is 3. The minimum atomic E-state index is 0.242. The number of aromatic amines is 1. The Balaban J connectivity index is 1.84. The van der Waals surface area contributed by atoms with Gasteiger partial charge in [0.2, 0.25) is 0 Å². The molecule has 1 heterocycles. The van der Waals surface area contributed by atoms with Crippen LogP contribution in [-0.2, 0) is 0 Å². The fraction of sp³-hybridized carbons (Fsp3) is 0. The third-order valence-corrected chi connectivity index (χ3v) is 3.58. The summed E-state index contributed by atoms with van der Waals surface area (Å²) in [5.74, 6) is 1.00. The molecule has 0 saturated heterocycles. The van der Waals surface area contributed by atoms with Crippen LogP contribution < -0.4 is 0 Å². The number of aromatic nitrogens is 2. The molecule has 0 aliphatic carbocycles. The molecular weight excluding hydrogens is 256 g/mol. The summed E-state index contributed by atoms with van der Waals surface area (Å²) < 4.78 is 0. The summed E-state index contributed by atoms with van der Waals surface area (Å²) in [6.07, 6.45) is 1.80. The summed E-state index contributed by atoms with van der Waals surface area (Å²) in [7, 11) is 0. The van der Waals surface area contributed by atoms with Gasteiger partial charge in [-0.05, 0) is 24.3 Å². The van der Waals surface area contributed by atoms with E-state index in [2.05, 4.69) is 22.1 Å². The number of phenolic OH excluding ortho intramolecular Hbond substituents is 1. The fourth-order valence-corrected chi connectivity index (χ4v) is 2.57. The van der Waals surface area contributed by atoms with E-state index in [0.29, 0.717) is 0 Å². The van der Waals surface area contributed by atoms with E-state index in [1.165, 1.54) is 0 Å². The van der Waals surface area contributed by atoms with E-state index < -0.39 is 0 Å². The topological polar surface area (TPSA) is 48.9 Å². The molecule has 19 heavy (non-hydrogen) atoms. The molecule has 2 aromatic carbocycles. The lowest BCUT2D eigenvalue weighted by atomic mass is 10.2. The van der Waals surface area contributed by atoms with Gasteiger partial charge in [0.05, 0.1) is 11.2 Å². The maximum Gasteiger partial charge on any atom is 0.138 e. The summed E-state index contributed by atoms with van der Waals surface area (Å²) in [5.41, 5.74) is 0.875. The molecule has 94 valence electrons. The van der Waals surface area contributed by atoms with E-state index in [1.807, 2.05) is 24.3 Å². The zero-order valence-electron chi connectivity index (χ0n) is 10.1. The molecule has 0 spiro atoms. The average molecular weight is 268 g/mol. The highest BCUT2D eigenvalue weighted by molar-refractivity contribution is 7.99. The van der Waals surface area contributed by atoms with Gasteiger partial charge in [0.25, 0.3) is 0 Å². The van der Waals surface area contributed by atoms with Gasteiger partial charge in [-0.3, -0.25) is 0 Å². The number of nitrogens with one attached hydrogen (secondary N) is 1. The lowest BCUT2D eigenvalue weighted by Crippen LogP contribution is -1.79. The predicted octanol–water partition coefficient (Wildman–Crippen LogP) is 3.93. The Morgan fingerprint density at radius 1 is 1.00 bits per heavy atom. The normalized spacial score (nSPS) is 10.5. The van der Waals surface area contributed by atoms with Crippen LogP contribution in [0.3, 0.4) is 0 Å². The second-order valence-electron chi connectivity index (χ2n) is 4.06. The summed E-state index contributed by atoms with van der Waals surface area (Å²) in [5, 5.41) is 10.4. The standard InChI is InChI=1S/C15H12N2OS/c18-12-6-4-5-11(9-12)15-16-10-14(17-15)19-13-7-2-1-3-8-13/h1-10,18H,(H,16,17). The highest BCUT2D eigenvalue weighted by atomic mass is 32.2. The molecule has 0 radical (unpaired) electrons. The van der Waals surface area contributed by atoms with Gasteiger partial charge in [-0.25, -0.2) is 4.98 Å². The Hall–Kier alpha value is -2.20. The number of rotatable bonds is 3. The van der Waals surface area contributed by atoms with Crippen molar-refractivity contribution in [2.75, 3.05) is 0 Å².